The third-order valence-electron chi connectivity index (χ3n) is 2.86. The molecule has 1 aromatic heterocycles. The summed E-state index contributed by atoms with van der Waals surface area (Å²) >= 11 is 0. The summed E-state index contributed by atoms with van der Waals surface area (Å²) < 4.78 is 4.89. The molecule has 0 aliphatic heterocycles. The Balaban J connectivity index is 2.06. The number of aromatic nitrogens is 1. The average molecular weight is 278 g/mol. The molecular weight excluding hydrogens is 264 g/mol. The van der Waals surface area contributed by atoms with Crippen LogP contribution in [0.15, 0.2) is 27.4 Å². The summed E-state index contributed by atoms with van der Waals surface area (Å²) in [5.74, 6) is -1.63. The molecule has 0 atom stereocenters. The third-order valence-corrected chi connectivity index (χ3v) is 2.86. The largest absolute Gasteiger partial charge is 0.481 e. The number of nitrogens with one attached hydrogen (secondary N) is 1. The molecule has 0 unspecified atom stereocenters. The normalized spacial score (nSPS) is 11.1. The number of carboxylic acid groups (broad SMARTS) is 1. The average Bonchev–Trinajstić information content (AvgIpc) is 2.75. The van der Waals surface area contributed by atoms with Gasteiger partial charge in [0.1, 0.15) is 0 Å². The van der Waals surface area contributed by atoms with E-state index in [9.17, 15) is 14.4 Å². The number of aliphatic carboxylic acids is 1. The highest BCUT2D eigenvalue weighted by molar-refractivity contribution is 5.99. The lowest BCUT2D eigenvalue weighted by molar-refractivity contribution is -0.137. The molecule has 0 aliphatic rings. The van der Waals surface area contributed by atoms with Gasteiger partial charge in [-0.1, -0.05) is 0 Å². The Labute approximate surface area is 113 Å². The van der Waals surface area contributed by atoms with Crippen molar-refractivity contribution in [3.63, 3.8) is 0 Å². The molecule has 2 aromatic rings. The van der Waals surface area contributed by atoms with Crippen LogP contribution in [0.1, 0.15) is 16.8 Å². The molecule has 0 amide bonds. The molecule has 106 valence electrons. The van der Waals surface area contributed by atoms with Gasteiger partial charge in [0.15, 0.2) is 11.4 Å². The van der Waals surface area contributed by atoms with Gasteiger partial charge >= 0.3 is 11.7 Å². The summed E-state index contributed by atoms with van der Waals surface area (Å²) in [6.45, 7) is 0.399. The maximum absolute atomic E-state index is 12.0. The number of fused-ring (bicyclic) bond motifs is 1. The van der Waals surface area contributed by atoms with E-state index in [1.165, 1.54) is 6.07 Å². The van der Waals surface area contributed by atoms with Gasteiger partial charge in [-0.15, -0.1) is 0 Å². The predicted molar refractivity (Wildman–Crippen MR) is 70.9 cm³/mol. The Morgan fingerprint density at radius 3 is 2.85 bits per heavy atom. The summed E-state index contributed by atoms with van der Waals surface area (Å²) in [7, 11) is 1.68. The van der Waals surface area contributed by atoms with Crippen LogP contribution in [0.5, 0.6) is 0 Å². The number of H-pyrrole nitrogens is 1. The highest BCUT2D eigenvalue weighted by atomic mass is 16.4. The van der Waals surface area contributed by atoms with Crippen molar-refractivity contribution in [2.75, 3.05) is 20.1 Å². The van der Waals surface area contributed by atoms with Crippen molar-refractivity contribution in [1.82, 2.24) is 9.88 Å². The number of rotatable bonds is 6. The molecular formula is C13H14N2O5. The number of Topliss-reactive ketones (excluding diaryl/α,β-unsaturated/α-hetero) is 1. The quantitative estimate of drug-likeness (QED) is 0.754. The van der Waals surface area contributed by atoms with Crippen molar-refractivity contribution in [2.24, 2.45) is 0 Å². The van der Waals surface area contributed by atoms with Crippen LogP contribution in [0.25, 0.3) is 11.1 Å². The van der Waals surface area contributed by atoms with E-state index in [-0.39, 0.29) is 18.7 Å². The van der Waals surface area contributed by atoms with Gasteiger partial charge in [0, 0.05) is 12.1 Å². The van der Waals surface area contributed by atoms with Crippen molar-refractivity contribution in [2.45, 2.75) is 6.42 Å². The first-order chi connectivity index (χ1) is 9.45. The molecule has 0 aliphatic carbocycles. The maximum Gasteiger partial charge on any atom is 0.417 e. The van der Waals surface area contributed by atoms with Gasteiger partial charge in [-0.25, -0.2) is 4.79 Å². The predicted octanol–water partition coefficient (Wildman–Crippen LogP) is 0.710. The van der Waals surface area contributed by atoms with Gasteiger partial charge < -0.3 is 9.52 Å². The Kier molecular flexibility index (Phi) is 3.99. The van der Waals surface area contributed by atoms with Crippen molar-refractivity contribution >= 4 is 22.9 Å². The van der Waals surface area contributed by atoms with Crippen molar-refractivity contribution < 1.29 is 19.1 Å². The number of oxazole rings is 1. The Morgan fingerprint density at radius 1 is 1.40 bits per heavy atom. The summed E-state index contributed by atoms with van der Waals surface area (Å²) in [6, 6.07) is 4.70. The lowest BCUT2D eigenvalue weighted by atomic mass is 10.1. The minimum atomic E-state index is -0.903. The second-order valence-electron chi connectivity index (χ2n) is 4.53. The highest BCUT2D eigenvalue weighted by Crippen LogP contribution is 2.13. The molecule has 0 fully saturated rings. The van der Waals surface area contributed by atoms with Gasteiger partial charge in [-0.05, 0) is 25.2 Å². The zero-order chi connectivity index (χ0) is 14.7. The maximum atomic E-state index is 12.0. The van der Waals surface area contributed by atoms with Crippen molar-refractivity contribution in [3.8, 4) is 0 Å². The van der Waals surface area contributed by atoms with E-state index < -0.39 is 11.7 Å². The number of aromatic amines is 1. The molecule has 2 rings (SSSR count). The summed E-state index contributed by atoms with van der Waals surface area (Å²) in [6.07, 6.45) is -0.0184. The van der Waals surface area contributed by atoms with Gasteiger partial charge in [0.2, 0.25) is 0 Å². The Hall–Kier alpha value is -2.41. The number of hydrogen-bond donors (Lipinski definition) is 2. The number of ketones is 1. The number of hydrogen-bond acceptors (Lipinski definition) is 5. The first kappa shape index (κ1) is 14.0. The van der Waals surface area contributed by atoms with Crippen LogP contribution >= 0.6 is 0 Å². The van der Waals surface area contributed by atoms with E-state index in [2.05, 4.69) is 4.98 Å². The third kappa shape index (κ3) is 3.33. The first-order valence-corrected chi connectivity index (χ1v) is 6.02. The van der Waals surface area contributed by atoms with Crippen LogP contribution in [0.3, 0.4) is 0 Å². The van der Waals surface area contributed by atoms with E-state index in [0.29, 0.717) is 23.2 Å². The topological polar surface area (TPSA) is 104 Å². The smallest absolute Gasteiger partial charge is 0.417 e. The number of likely N-dealkylation sites (N-methyl/N-ethyl adjacent to an activating group) is 1. The monoisotopic (exact) mass is 278 g/mol. The van der Waals surface area contributed by atoms with E-state index in [0.717, 1.165) is 0 Å². The molecule has 0 bridgehead atoms. The first-order valence-electron chi connectivity index (χ1n) is 6.02. The van der Waals surface area contributed by atoms with Crippen LogP contribution in [0.2, 0.25) is 0 Å². The number of benzene rings is 1. The Bertz CT molecular complexity index is 700. The fraction of sp³-hybridized carbons (Fsp3) is 0.308. The molecule has 7 nitrogen and oxygen atoms in total. The number of carbonyl (C=O) groups excluding carboxylic acids is 1. The molecule has 0 spiro atoms. The summed E-state index contributed by atoms with van der Waals surface area (Å²) in [5.41, 5.74) is 1.28. The van der Waals surface area contributed by atoms with Crippen LogP contribution < -0.4 is 5.76 Å². The van der Waals surface area contributed by atoms with Crippen LogP contribution in [0.4, 0.5) is 0 Å². The minimum absolute atomic E-state index is 0.0184. The number of carboxylic acids is 1. The molecule has 7 heteroatoms. The van der Waals surface area contributed by atoms with Crippen molar-refractivity contribution in [1.29, 1.82) is 0 Å². The summed E-state index contributed by atoms with van der Waals surface area (Å²) in [4.78, 5) is 37.6. The second-order valence-corrected chi connectivity index (χ2v) is 4.53. The van der Waals surface area contributed by atoms with E-state index >= 15 is 0 Å². The zero-order valence-corrected chi connectivity index (χ0v) is 10.9. The number of carbonyl (C=O) groups is 2. The van der Waals surface area contributed by atoms with E-state index in [1.807, 2.05) is 0 Å². The lowest BCUT2D eigenvalue weighted by Gasteiger charge is -2.14. The molecule has 0 saturated carbocycles. The van der Waals surface area contributed by atoms with Crippen LogP contribution in [-0.2, 0) is 4.79 Å². The van der Waals surface area contributed by atoms with Gasteiger partial charge in [-0.3, -0.25) is 19.5 Å². The van der Waals surface area contributed by atoms with Crippen molar-refractivity contribution in [3.05, 3.63) is 34.3 Å². The molecule has 1 aromatic carbocycles. The Morgan fingerprint density at radius 2 is 2.15 bits per heavy atom. The molecule has 0 saturated heterocycles. The van der Waals surface area contributed by atoms with E-state index in [4.69, 9.17) is 9.52 Å². The number of nitrogens with zero attached hydrogens (tertiary/aromatic N) is 1. The highest BCUT2D eigenvalue weighted by Gasteiger charge is 2.12. The van der Waals surface area contributed by atoms with E-state index in [1.54, 1.807) is 24.1 Å². The molecule has 0 radical (unpaired) electrons. The zero-order valence-electron chi connectivity index (χ0n) is 10.9. The molecule has 2 N–H and O–H groups in total. The summed E-state index contributed by atoms with van der Waals surface area (Å²) in [5, 5.41) is 8.58. The van der Waals surface area contributed by atoms with Crippen LogP contribution in [-0.4, -0.2) is 46.9 Å². The standard InChI is InChI=1S/C13H14N2O5/c1-15(5-4-12(17)18)7-10(16)8-2-3-9-11(6-8)20-13(19)14-9/h2-3,6H,4-5,7H2,1H3,(H,14,19)(H,17,18). The molecule has 20 heavy (non-hydrogen) atoms. The fourth-order valence-corrected chi connectivity index (χ4v) is 1.82. The van der Waals surface area contributed by atoms with Gasteiger partial charge in [-0.2, -0.15) is 0 Å². The fourth-order valence-electron chi connectivity index (χ4n) is 1.82. The van der Waals surface area contributed by atoms with Crippen LogP contribution in [0, 0.1) is 0 Å². The minimum Gasteiger partial charge on any atom is -0.481 e. The second kappa shape index (κ2) is 5.70. The van der Waals surface area contributed by atoms with Gasteiger partial charge in [0.25, 0.3) is 0 Å². The SMILES string of the molecule is CN(CCC(=O)O)CC(=O)c1ccc2[nH]c(=O)oc2c1. The lowest BCUT2D eigenvalue weighted by Crippen LogP contribution is -2.28. The molecule has 1 heterocycles. The van der Waals surface area contributed by atoms with Gasteiger partial charge in [0.05, 0.1) is 18.5 Å².